The van der Waals surface area contributed by atoms with Crippen LogP contribution in [0.3, 0.4) is 0 Å². The van der Waals surface area contributed by atoms with Crippen LogP contribution in [-0.4, -0.2) is 59.8 Å². The van der Waals surface area contributed by atoms with E-state index in [1.54, 1.807) is 74.1 Å². The van der Waals surface area contributed by atoms with Crippen LogP contribution in [-0.2, 0) is 7.05 Å². The monoisotopic (exact) mass is 908 g/mol. The number of H-pyrrole nitrogens is 5. The molecule has 0 bridgehead atoms. The first kappa shape index (κ1) is 45.7. The van der Waals surface area contributed by atoms with Crippen molar-refractivity contribution >= 4 is 32.8 Å². The largest absolute Gasteiger partial charge is 0.344 e. The lowest BCUT2D eigenvalue weighted by atomic mass is 10.0. The maximum Gasteiger partial charge on any atom is 0.123 e. The number of aromatic amines is 5. The molecule has 0 unspecified atom stereocenters. The van der Waals surface area contributed by atoms with Crippen molar-refractivity contribution in [2.24, 2.45) is 7.05 Å². The number of rotatable bonds is 6. The molecule has 12 rings (SSSR count). The molecule has 0 saturated heterocycles. The number of aryl methyl sites for hydroxylation is 1. The fraction of sp³-hybridized carbons (Fsp3) is 0.0943. The van der Waals surface area contributed by atoms with Crippen molar-refractivity contribution in [3.63, 3.8) is 0 Å². The second kappa shape index (κ2) is 21.0. The minimum Gasteiger partial charge on any atom is -0.344 e. The van der Waals surface area contributed by atoms with Gasteiger partial charge in [-0.3, -0.25) is 10.2 Å². The van der Waals surface area contributed by atoms with E-state index in [1.165, 1.54) is 36.4 Å². The van der Waals surface area contributed by atoms with Gasteiger partial charge in [-0.2, -0.15) is 10.2 Å². The molecule has 0 aliphatic carbocycles. The first-order valence-corrected chi connectivity index (χ1v) is 22.0. The Morgan fingerprint density at radius 3 is 1.34 bits per heavy atom. The van der Waals surface area contributed by atoms with Gasteiger partial charge in [0, 0.05) is 51.2 Å². The molecule has 0 spiro atoms. The molecule has 0 fully saturated rings. The Bertz CT molecular complexity index is 3350. The van der Waals surface area contributed by atoms with Gasteiger partial charge in [-0.1, -0.05) is 52.0 Å². The molecule has 340 valence electrons. The second-order valence-electron chi connectivity index (χ2n) is 14.8. The van der Waals surface area contributed by atoms with Gasteiger partial charge in [0.2, 0.25) is 0 Å². The third-order valence-electron chi connectivity index (χ3n) is 10.7. The van der Waals surface area contributed by atoms with Gasteiger partial charge < -0.3 is 19.5 Å². The van der Waals surface area contributed by atoms with E-state index in [9.17, 15) is 13.2 Å². The minimum absolute atomic E-state index is 0.249. The van der Waals surface area contributed by atoms with E-state index < -0.39 is 0 Å². The number of hydrogen-bond acceptors (Lipinski definition) is 6. The highest BCUT2D eigenvalue weighted by molar-refractivity contribution is 5.89. The smallest absolute Gasteiger partial charge is 0.123 e. The number of benzene rings is 6. The first-order chi connectivity index (χ1) is 33.3. The summed E-state index contributed by atoms with van der Waals surface area (Å²) in [5.41, 5.74) is 14.7. The summed E-state index contributed by atoms with van der Waals surface area (Å²) in [7, 11) is 1.96. The summed E-state index contributed by atoms with van der Waals surface area (Å²) < 4.78 is 41.2. The Morgan fingerprint density at radius 1 is 0.412 bits per heavy atom. The van der Waals surface area contributed by atoms with Crippen LogP contribution >= 0.6 is 0 Å². The van der Waals surface area contributed by atoms with Crippen LogP contribution in [0.2, 0.25) is 0 Å². The van der Waals surface area contributed by atoms with Crippen LogP contribution in [0.1, 0.15) is 27.7 Å². The van der Waals surface area contributed by atoms with Crippen LogP contribution in [0.15, 0.2) is 165 Å². The summed E-state index contributed by atoms with van der Waals surface area (Å²) in [6.07, 6.45) is 10.3. The molecule has 12 nitrogen and oxygen atoms in total. The summed E-state index contributed by atoms with van der Waals surface area (Å²) in [5, 5.41) is 16.0. The average molecular weight is 909 g/mol. The van der Waals surface area contributed by atoms with Gasteiger partial charge in [-0.15, -0.1) is 0 Å². The van der Waals surface area contributed by atoms with E-state index in [4.69, 9.17) is 0 Å². The van der Waals surface area contributed by atoms with Gasteiger partial charge in [0.05, 0.1) is 93.9 Å². The number of imidazole rings is 4. The number of nitrogens with one attached hydrogen (secondary N) is 5. The predicted octanol–water partition coefficient (Wildman–Crippen LogP) is 13.3. The highest BCUT2D eigenvalue weighted by atomic mass is 19.1. The molecular weight excluding hydrogens is 862 g/mol. The normalized spacial score (nSPS) is 10.6. The molecule has 12 aromatic rings. The summed E-state index contributed by atoms with van der Waals surface area (Å²) in [6, 6.07) is 37.1. The van der Waals surface area contributed by atoms with Gasteiger partial charge in [-0.05, 0) is 103 Å². The van der Waals surface area contributed by atoms with Crippen LogP contribution in [0, 0.1) is 17.5 Å². The maximum atomic E-state index is 13.1. The standard InChI is InChI=1S/C17H13FN4.2C16H11FN4.2C2H6/c1-22-10-21-14-7-4-12(8-15(14)22)17-16(19-9-20-17)11-2-5-13(18)6-3-11;17-13-4-1-10(2-5-13)15-16(19-9-18-15)11-3-6-14-12(7-11)8-20-21-14;17-13-5-3-10(4-6-13)15-16(19-9-18-15)11-1-2-12-8-20-21-14(12)7-11;2*1-2/h2-10H,1H3,(H,19,20);2*1-9H,(H,18,19)(H,20,21);2*1-2H3. The van der Waals surface area contributed by atoms with Crippen molar-refractivity contribution in [2.75, 3.05) is 0 Å². The summed E-state index contributed by atoms with van der Waals surface area (Å²) in [5.74, 6) is -0.751. The van der Waals surface area contributed by atoms with Gasteiger partial charge in [0.25, 0.3) is 0 Å². The van der Waals surface area contributed by atoms with Crippen molar-refractivity contribution in [1.29, 1.82) is 0 Å². The molecule has 15 heteroatoms. The molecule has 5 N–H and O–H groups in total. The highest BCUT2D eigenvalue weighted by Crippen LogP contribution is 2.33. The number of nitrogens with zero attached hydrogens (tertiary/aromatic N) is 7. The van der Waals surface area contributed by atoms with E-state index in [1.807, 2.05) is 87.8 Å². The van der Waals surface area contributed by atoms with Crippen LogP contribution in [0.4, 0.5) is 13.2 Å². The quantitative estimate of drug-likeness (QED) is 0.112. The summed E-state index contributed by atoms with van der Waals surface area (Å²) in [4.78, 5) is 26.9. The second-order valence-corrected chi connectivity index (χ2v) is 14.8. The third-order valence-corrected chi connectivity index (χ3v) is 10.7. The SMILES string of the molecule is CC.CC.Cn1cnc2ccc(-c3nc[nH]c3-c3ccc(F)cc3)cc21.Fc1ccc(-c2[nH]cnc2-c2ccc3[nH]ncc3c2)cc1.Fc1ccc(-c2[nH]cnc2-c2ccc3cn[nH]c3c2)cc1. The molecule has 0 radical (unpaired) electrons. The van der Waals surface area contributed by atoms with Crippen LogP contribution in [0.25, 0.3) is 100 Å². The van der Waals surface area contributed by atoms with Gasteiger partial charge in [0.1, 0.15) is 17.5 Å². The van der Waals surface area contributed by atoms with E-state index in [0.717, 1.165) is 100 Å². The molecule has 0 saturated carbocycles. The van der Waals surface area contributed by atoms with E-state index in [0.29, 0.717) is 0 Å². The van der Waals surface area contributed by atoms with Crippen molar-refractivity contribution in [2.45, 2.75) is 27.7 Å². The van der Waals surface area contributed by atoms with Gasteiger partial charge >= 0.3 is 0 Å². The van der Waals surface area contributed by atoms with Crippen molar-refractivity contribution in [3.05, 3.63) is 183 Å². The Balaban J connectivity index is 0.000000133. The zero-order valence-electron chi connectivity index (χ0n) is 37.9. The minimum atomic E-state index is -0.251. The molecule has 0 aliphatic heterocycles. The van der Waals surface area contributed by atoms with E-state index in [2.05, 4.69) is 61.3 Å². The maximum absolute atomic E-state index is 13.1. The average Bonchev–Trinajstić information content (AvgIpc) is 4.26. The molecule has 6 aromatic heterocycles. The van der Waals surface area contributed by atoms with Crippen molar-refractivity contribution in [1.82, 2.24) is 59.8 Å². The Kier molecular flexibility index (Phi) is 14.1. The van der Waals surface area contributed by atoms with Crippen molar-refractivity contribution in [3.8, 4) is 67.5 Å². The molecule has 0 aliphatic rings. The lowest BCUT2D eigenvalue weighted by Crippen LogP contribution is -1.87. The third kappa shape index (κ3) is 9.86. The Labute approximate surface area is 389 Å². The van der Waals surface area contributed by atoms with Gasteiger partial charge in [0.15, 0.2) is 0 Å². The Morgan fingerprint density at radius 2 is 0.824 bits per heavy atom. The molecule has 6 aromatic carbocycles. The topological polar surface area (TPSA) is 161 Å². The first-order valence-electron chi connectivity index (χ1n) is 22.0. The Hall–Kier alpha value is -8.85. The molecule has 6 heterocycles. The lowest BCUT2D eigenvalue weighted by molar-refractivity contribution is 0.627. The van der Waals surface area contributed by atoms with E-state index >= 15 is 0 Å². The van der Waals surface area contributed by atoms with Crippen molar-refractivity contribution < 1.29 is 13.2 Å². The zero-order valence-corrected chi connectivity index (χ0v) is 37.9. The summed E-state index contributed by atoms with van der Waals surface area (Å²) in [6.45, 7) is 8.00. The molecule has 0 atom stereocenters. The van der Waals surface area contributed by atoms with Gasteiger partial charge in [-0.25, -0.2) is 33.1 Å². The predicted molar refractivity (Wildman–Crippen MR) is 265 cm³/mol. The highest BCUT2D eigenvalue weighted by Gasteiger charge is 2.15. The fourth-order valence-electron chi connectivity index (χ4n) is 7.50. The number of fused-ring (bicyclic) bond motifs is 3. The van der Waals surface area contributed by atoms with Crippen LogP contribution in [0.5, 0.6) is 0 Å². The molecular formula is C53H47F3N12. The fourth-order valence-corrected chi connectivity index (χ4v) is 7.50. The molecule has 0 amide bonds. The number of halogens is 3. The summed E-state index contributed by atoms with van der Waals surface area (Å²) >= 11 is 0. The van der Waals surface area contributed by atoms with E-state index in [-0.39, 0.29) is 17.5 Å². The number of hydrogen-bond donors (Lipinski definition) is 5. The molecule has 68 heavy (non-hydrogen) atoms. The van der Waals surface area contributed by atoms with Crippen LogP contribution < -0.4 is 0 Å². The zero-order chi connectivity index (χ0) is 47.6. The lowest BCUT2D eigenvalue weighted by Gasteiger charge is -2.04. The number of aromatic nitrogens is 12.